The minimum absolute atomic E-state index is 0.0377. The van der Waals surface area contributed by atoms with Gasteiger partial charge in [-0.3, -0.25) is 4.79 Å². The predicted molar refractivity (Wildman–Crippen MR) is 111 cm³/mol. The number of nitriles is 1. The van der Waals surface area contributed by atoms with Crippen molar-refractivity contribution in [1.82, 2.24) is 4.57 Å². The van der Waals surface area contributed by atoms with Crippen LogP contribution in [0, 0.1) is 18.3 Å². The third-order valence-electron chi connectivity index (χ3n) is 5.30. The van der Waals surface area contributed by atoms with Crippen molar-refractivity contribution in [2.75, 3.05) is 6.79 Å². The van der Waals surface area contributed by atoms with E-state index in [1.807, 2.05) is 42.6 Å². The van der Waals surface area contributed by atoms with Crippen LogP contribution in [0.1, 0.15) is 27.6 Å². The maximum absolute atomic E-state index is 13.6. The molecule has 0 radical (unpaired) electrons. The minimum Gasteiger partial charge on any atom is -0.454 e. The lowest BCUT2D eigenvalue weighted by atomic mass is 9.88. The Morgan fingerprint density at radius 3 is 2.83 bits per heavy atom. The van der Waals surface area contributed by atoms with Crippen LogP contribution in [0.2, 0.25) is 0 Å². The number of benzene rings is 1. The molecule has 0 spiro atoms. The summed E-state index contributed by atoms with van der Waals surface area (Å²) in [5, 5.41) is 11.6. The third-order valence-corrected chi connectivity index (χ3v) is 6.23. The monoisotopic (exact) mass is 419 g/mol. The van der Waals surface area contributed by atoms with E-state index in [-0.39, 0.29) is 23.8 Å². The van der Waals surface area contributed by atoms with Gasteiger partial charge < -0.3 is 24.5 Å². The van der Waals surface area contributed by atoms with Crippen molar-refractivity contribution in [2.24, 2.45) is 5.73 Å². The first-order valence-corrected chi connectivity index (χ1v) is 10.2. The van der Waals surface area contributed by atoms with Crippen molar-refractivity contribution < 1.29 is 14.2 Å². The summed E-state index contributed by atoms with van der Waals surface area (Å²) in [5.41, 5.74) is 8.13. The molecular weight excluding hydrogens is 402 g/mol. The predicted octanol–water partition coefficient (Wildman–Crippen LogP) is 3.21. The van der Waals surface area contributed by atoms with Crippen LogP contribution in [0.25, 0.3) is 0 Å². The summed E-state index contributed by atoms with van der Waals surface area (Å²) in [7, 11) is 0. The number of fused-ring (bicyclic) bond motifs is 2. The molecule has 2 aliphatic rings. The van der Waals surface area contributed by atoms with E-state index in [1.54, 1.807) is 10.6 Å². The number of nitrogens with two attached hydrogens (primary N) is 1. The lowest BCUT2D eigenvalue weighted by Gasteiger charge is -2.26. The Kier molecular flexibility index (Phi) is 4.26. The Hall–Kier alpha value is -3.70. The van der Waals surface area contributed by atoms with Crippen molar-refractivity contribution >= 4 is 11.3 Å². The SMILES string of the molecule is Cc1cc2c(c(=O)n1Cc1ccc3c(c1)OCO3)C(c1cccs1)C(C#N)=C(N)O2. The highest BCUT2D eigenvalue weighted by Crippen LogP contribution is 2.42. The zero-order valence-electron chi connectivity index (χ0n) is 16.0. The number of pyridine rings is 1. The molecule has 2 aliphatic heterocycles. The van der Waals surface area contributed by atoms with Crippen LogP contribution < -0.4 is 25.5 Å². The van der Waals surface area contributed by atoms with Gasteiger partial charge in [0.1, 0.15) is 17.4 Å². The fourth-order valence-corrected chi connectivity index (χ4v) is 4.69. The first-order valence-electron chi connectivity index (χ1n) is 9.30. The van der Waals surface area contributed by atoms with Crippen molar-refractivity contribution in [1.29, 1.82) is 5.26 Å². The van der Waals surface area contributed by atoms with Crippen molar-refractivity contribution in [3.8, 4) is 23.3 Å². The Morgan fingerprint density at radius 1 is 1.23 bits per heavy atom. The summed E-state index contributed by atoms with van der Waals surface area (Å²) >= 11 is 1.48. The molecular formula is C22H17N3O4S. The fraction of sp³-hybridized carbons (Fsp3) is 0.182. The van der Waals surface area contributed by atoms with E-state index in [1.165, 1.54) is 11.3 Å². The summed E-state index contributed by atoms with van der Waals surface area (Å²) in [6.45, 7) is 2.39. The molecule has 2 N–H and O–H groups in total. The van der Waals surface area contributed by atoms with Gasteiger partial charge in [0, 0.05) is 16.6 Å². The van der Waals surface area contributed by atoms with E-state index in [9.17, 15) is 10.1 Å². The van der Waals surface area contributed by atoms with Gasteiger partial charge in [-0.2, -0.15) is 5.26 Å². The number of hydrogen-bond donors (Lipinski definition) is 1. The molecule has 8 heteroatoms. The average molecular weight is 419 g/mol. The minimum atomic E-state index is -0.546. The smallest absolute Gasteiger partial charge is 0.259 e. The molecule has 0 amide bonds. The first kappa shape index (κ1) is 18.3. The maximum atomic E-state index is 13.6. The lowest BCUT2D eigenvalue weighted by molar-refractivity contribution is 0.174. The number of aryl methyl sites for hydroxylation is 1. The highest BCUT2D eigenvalue weighted by molar-refractivity contribution is 7.10. The van der Waals surface area contributed by atoms with E-state index in [2.05, 4.69) is 6.07 Å². The highest BCUT2D eigenvalue weighted by Gasteiger charge is 2.35. The van der Waals surface area contributed by atoms with Gasteiger partial charge in [0.2, 0.25) is 12.7 Å². The molecule has 1 aromatic carbocycles. The summed E-state index contributed by atoms with van der Waals surface area (Å²) in [5.74, 6) is 1.25. The van der Waals surface area contributed by atoms with Crippen LogP contribution in [0.4, 0.5) is 0 Å². The number of allylic oxidation sites excluding steroid dienone is 1. The normalized spacial score (nSPS) is 16.7. The number of nitrogens with zero attached hydrogens (tertiary/aromatic N) is 2. The fourth-order valence-electron chi connectivity index (χ4n) is 3.84. The van der Waals surface area contributed by atoms with Gasteiger partial charge in [-0.25, -0.2) is 0 Å². The van der Waals surface area contributed by atoms with Crippen LogP contribution >= 0.6 is 11.3 Å². The average Bonchev–Trinajstić information content (AvgIpc) is 3.41. The zero-order valence-corrected chi connectivity index (χ0v) is 16.9. The first-order chi connectivity index (χ1) is 14.6. The quantitative estimate of drug-likeness (QED) is 0.700. The van der Waals surface area contributed by atoms with Gasteiger partial charge in [0.05, 0.1) is 18.0 Å². The Bertz CT molecular complexity index is 1280. The van der Waals surface area contributed by atoms with E-state index < -0.39 is 5.92 Å². The van der Waals surface area contributed by atoms with Crippen molar-refractivity contribution in [3.05, 3.63) is 85.3 Å². The van der Waals surface area contributed by atoms with Gasteiger partial charge in [-0.1, -0.05) is 12.1 Å². The molecule has 2 aromatic heterocycles. The van der Waals surface area contributed by atoms with Crippen LogP contribution in [-0.4, -0.2) is 11.4 Å². The number of aromatic nitrogens is 1. The van der Waals surface area contributed by atoms with E-state index in [0.717, 1.165) is 16.1 Å². The standard InChI is InChI=1S/C22H17N3O4S/c1-12-7-17-20(19(18-3-2-6-30-18)14(9-23)21(24)29-17)22(26)25(12)10-13-4-5-15-16(8-13)28-11-27-15/h2-8,19H,10-11,24H2,1H3. The van der Waals surface area contributed by atoms with Gasteiger partial charge >= 0.3 is 0 Å². The molecule has 0 aliphatic carbocycles. The molecule has 3 aromatic rings. The molecule has 30 heavy (non-hydrogen) atoms. The number of rotatable bonds is 3. The Balaban J connectivity index is 1.64. The van der Waals surface area contributed by atoms with Crippen molar-refractivity contribution in [3.63, 3.8) is 0 Å². The van der Waals surface area contributed by atoms with Crippen LogP contribution in [0.5, 0.6) is 17.2 Å². The highest BCUT2D eigenvalue weighted by atomic mass is 32.1. The topological polar surface area (TPSA) is 99.5 Å². The van der Waals surface area contributed by atoms with E-state index in [0.29, 0.717) is 29.4 Å². The molecule has 0 bridgehead atoms. The second-order valence-corrected chi connectivity index (χ2v) is 8.06. The Morgan fingerprint density at radius 2 is 2.07 bits per heavy atom. The number of ether oxygens (including phenoxy) is 3. The maximum Gasteiger partial charge on any atom is 0.259 e. The summed E-state index contributed by atoms with van der Waals surface area (Å²) in [6.07, 6.45) is 0. The molecule has 1 unspecified atom stereocenters. The summed E-state index contributed by atoms with van der Waals surface area (Å²) < 4.78 is 18.2. The van der Waals surface area contributed by atoms with E-state index in [4.69, 9.17) is 19.9 Å². The van der Waals surface area contributed by atoms with Crippen molar-refractivity contribution in [2.45, 2.75) is 19.4 Å². The second kappa shape index (κ2) is 6.97. The molecule has 0 fully saturated rings. The van der Waals surface area contributed by atoms with Gasteiger partial charge in [-0.05, 0) is 36.1 Å². The van der Waals surface area contributed by atoms with Gasteiger partial charge in [-0.15, -0.1) is 11.3 Å². The van der Waals surface area contributed by atoms with Crippen LogP contribution in [0.3, 0.4) is 0 Å². The molecule has 1 atom stereocenters. The third kappa shape index (κ3) is 2.83. The lowest BCUT2D eigenvalue weighted by Crippen LogP contribution is -2.32. The summed E-state index contributed by atoms with van der Waals surface area (Å²) in [6, 6.07) is 13.3. The number of thiophene rings is 1. The molecule has 150 valence electrons. The summed E-state index contributed by atoms with van der Waals surface area (Å²) in [4.78, 5) is 14.5. The molecule has 7 nitrogen and oxygen atoms in total. The largest absolute Gasteiger partial charge is 0.454 e. The van der Waals surface area contributed by atoms with Gasteiger partial charge in [0.15, 0.2) is 11.5 Å². The molecule has 0 saturated heterocycles. The number of hydrogen-bond acceptors (Lipinski definition) is 7. The molecule has 5 rings (SSSR count). The van der Waals surface area contributed by atoms with Gasteiger partial charge in [0.25, 0.3) is 5.56 Å². The zero-order chi connectivity index (χ0) is 20.8. The molecule has 0 saturated carbocycles. The van der Waals surface area contributed by atoms with Crippen LogP contribution in [0.15, 0.2) is 58.0 Å². The Labute approximate surface area is 176 Å². The molecule has 4 heterocycles. The van der Waals surface area contributed by atoms with E-state index >= 15 is 0 Å². The second-order valence-electron chi connectivity index (χ2n) is 7.08. The van der Waals surface area contributed by atoms with Crippen LogP contribution in [-0.2, 0) is 6.54 Å².